The van der Waals surface area contributed by atoms with Gasteiger partial charge in [0.25, 0.3) is 11.6 Å². The molecule has 8 nitrogen and oxygen atoms in total. The van der Waals surface area contributed by atoms with Crippen LogP contribution < -0.4 is 16.2 Å². The fourth-order valence-electron chi connectivity index (χ4n) is 2.51. The summed E-state index contributed by atoms with van der Waals surface area (Å²) in [5.41, 5.74) is 5.96. The fourth-order valence-corrected chi connectivity index (χ4v) is 2.51. The van der Waals surface area contributed by atoms with Gasteiger partial charge in [-0.3, -0.25) is 20.3 Å². The smallest absolute Gasteiger partial charge is 0.306 e. The second kappa shape index (κ2) is 7.86. The van der Waals surface area contributed by atoms with Crippen molar-refractivity contribution >= 4 is 23.3 Å². The number of benzene rings is 2. The average Bonchev–Trinajstić information content (AvgIpc) is 2.60. The zero-order chi connectivity index (χ0) is 20.2. The normalized spacial score (nSPS) is 10.8. The minimum atomic E-state index is -0.654. The average molecular weight is 370 g/mol. The Labute approximate surface area is 157 Å². The number of rotatable bonds is 3. The van der Waals surface area contributed by atoms with Gasteiger partial charge in [0, 0.05) is 22.9 Å². The third-order valence-corrected chi connectivity index (χ3v) is 3.95. The molecule has 0 heterocycles. The Morgan fingerprint density at radius 2 is 1.70 bits per heavy atom. The number of aryl methyl sites for hydroxylation is 1. The summed E-state index contributed by atoms with van der Waals surface area (Å²) in [7, 11) is 0. The van der Waals surface area contributed by atoms with Crippen molar-refractivity contribution in [3.63, 3.8) is 0 Å². The summed E-state index contributed by atoms with van der Waals surface area (Å²) < 4.78 is 0. The molecular weight excluding hydrogens is 348 g/mol. The highest BCUT2D eigenvalue weighted by Crippen LogP contribution is 2.31. The van der Waals surface area contributed by atoms with Crippen molar-refractivity contribution in [2.75, 3.05) is 5.32 Å². The highest BCUT2D eigenvalue weighted by atomic mass is 16.6. The number of nitro benzene ring substituents is 1. The van der Waals surface area contributed by atoms with Gasteiger partial charge in [-0.1, -0.05) is 45.0 Å². The summed E-state index contributed by atoms with van der Waals surface area (Å²) in [6.45, 7) is 7.40. The molecule has 0 radical (unpaired) electrons. The van der Waals surface area contributed by atoms with Crippen molar-refractivity contribution in [3.8, 4) is 0 Å². The second-order valence-corrected chi connectivity index (χ2v) is 7.09. The Morgan fingerprint density at radius 1 is 1.04 bits per heavy atom. The summed E-state index contributed by atoms with van der Waals surface area (Å²) in [6.07, 6.45) is 0. The van der Waals surface area contributed by atoms with Crippen molar-refractivity contribution < 1.29 is 14.5 Å². The number of hydrazine groups is 1. The number of anilines is 1. The quantitative estimate of drug-likeness (QED) is 0.565. The van der Waals surface area contributed by atoms with E-state index in [1.54, 1.807) is 18.2 Å². The molecule has 0 spiro atoms. The van der Waals surface area contributed by atoms with Gasteiger partial charge in [0.15, 0.2) is 0 Å². The Hall–Kier alpha value is -3.42. The number of amides is 3. The molecule has 0 saturated heterocycles. The van der Waals surface area contributed by atoms with E-state index < -0.39 is 22.3 Å². The lowest BCUT2D eigenvalue weighted by molar-refractivity contribution is -0.386. The number of urea groups is 1. The van der Waals surface area contributed by atoms with Crippen LogP contribution in [0.3, 0.4) is 0 Å². The Morgan fingerprint density at radius 3 is 2.30 bits per heavy atom. The molecule has 0 unspecified atom stereocenters. The summed E-state index contributed by atoms with van der Waals surface area (Å²) in [5.74, 6) is -0.654. The molecule has 2 aromatic rings. The van der Waals surface area contributed by atoms with Gasteiger partial charge >= 0.3 is 6.03 Å². The lowest BCUT2D eigenvalue weighted by atomic mass is 9.85. The maximum atomic E-state index is 12.2. The molecule has 0 bridgehead atoms. The Kier molecular flexibility index (Phi) is 5.79. The van der Waals surface area contributed by atoms with E-state index in [2.05, 4.69) is 16.2 Å². The number of nitrogens with one attached hydrogen (secondary N) is 3. The van der Waals surface area contributed by atoms with Crippen molar-refractivity contribution in [2.24, 2.45) is 0 Å². The summed E-state index contributed by atoms with van der Waals surface area (Å²) in [4.78, 5) is 35.0. The van der Waals surface area contributed by atoms with Gasteiger partial charge in [0.05, 0.1) is 4.92 Å². The second-order valence-electron chi connectivity index (χ2n) is 7.09. The molecule has 2 rings (SSSR count). The minimum absolute atomic E-state index is 0.0749. The molecule has 0 aromatic heterocycles. The van der Waals surface area contributed by atoms with Gasteiger partial charge in [-0.15, -0.1) is 0 Å². The van der Waals surface area contributed by atoms with E-state index >= 15 is 0 Å². The van der Waals surface area contributed by atoms with E-state index in [1.807, 2.05) is 39.8 Å². The predicted octanol–water partition coefficient (Wildman–Crippen LogP) is 3.67. The standard InChI is InChI=1S/C19H22N4O4/c1-12-7-5-6-8-15(12)20-18(25)22-21-17(24)13-9-10-14(19(2,3)4)16(11-13)23(26)27/h5-11H,1-4H3,(H,21,24)(H2,20,22,25). The number of carbonyl (C=O) groups excluding carboxylic acids is 2. The summed E-state index contributed by atoms with van der Waals surface area (Å²) in [5, 5.41) is 13.9. The van der Waals surface area contributed by atoms with Crippen LogP contribution in [-0.4, -0.2) is 16.9 Å². The third kappa shape index (κ3) is 5.04. The van der Waals surface area contributed by atoms with Crippen LogP contribution in [-0.2, 0) is 5.41 Å². The topological polar surface area (TPSA) is 113 Å². The first-order chi connectivity index (χ1) is 12.6. The number of nitro groups is 1. The maximum Gasteiger partial charge on any atom is 0.337 e. The zero-order valence-electron chi connectivity index (χ0n) is 15.6. The summed E-state index contributed by atoms with van der Waals surface area (Å²) >= 11 is 0. The maximum absolute atomic E-state index is 12.2. The van der Waals surface area contributed by atoms with Crippen LogP contribution in [0.25, 0.3) is 0 Å². The van der Waals surface area contributed by atoms with Crippen LogP contribution in [0.1, 0.15) is 42.3 Å². The number of para-hydroxylation sites is 1. The van der Waals surface area contributed by atoms with Crippen molar-refractivity contribution in [3.05, 3.63) is 69.3 Å². The van der Waals surface area contributed by atoms with Gasteiger partial charge in [0.2, 0.25) is 0 Å². The Balaban J connectivity index is 2.08. The van der Waals surface area contributed by atoms with Crippen molar-refractivity contribution in [2.45, 2.75) is 33.1 Å². The molecule has 3 N–H and O–H groups in total. The number of carbonyl (C=O) groups is 2. The molecule has 27 heavy (non-hydrogen) atoms. The van der Waals surface area contributed by atoms with Gasteiger partial charge < -0.3 is 5.32 Å². The predicted molar refractivity (Wildman–Crippen MR) is 103 cm³/mol. The van der Waals surface area contributed by atoms with Gasteiger partial charge in [0.1, 0.15) is 0 Å². The minimum Gasteiger partial charge on any atom is -0.306 e. The van der Waals surface area contributed by atoms with E-state index in [4.69, 9.17) is 0 Å². The van der Waals surface area contributed by atoms with Crippen LogP contribution in [0, 0.1) is 17.0 Å². The van der Waals surface area contributed by atoms with Crippen LogP contribution in [0.2, 0.25) is 0 Å². The molecule has 0 aliphatic heterocycles. The first-order valence-corrected chi connectivity index (χ1v) is 8.31. The first-order valence-electron chi connectivity index (χ1n) is 8.31. The van der Waals surface area contributed by atoms with Crippen LogP contribution in [0.4, 0.5) is 16.2 Å². The molecule has 0 fully saturated rings. The van der Waals surface area contributed by atoms with Gasteiger partial charge in [-0.05, 0) is 30.0 Å². The largest absolute Gasteiger partial charge is 0.337 e. The lowest BCUT2D eigenvalue weighted by Gasteiger charge is -2.19. The molecule has 0 aliphatic carbocycles. The highest BCUT2D eigenvalue weighted by molar-refractivity contribution is 5.97. The van der Waals surface area contributed by atoms with Crippen molar-refractivity contribution in [1.29, 1.82) is 0 Å². The van der Waals surface area contributed by atoms with Gasteiger partial charge in [-0.25, -0.2) is 10.2 Å². The number of hydrogen-bond donors (Lipinski definition) is 3. The Bertz CT molecular complexity index is 888. The molecule has 8 heteroatoms. The summed E-state index contributed by atoms with van der Waals surface area (Å²) in [6, 6.07) is 10.8. The van der Waals surface area contributed by atoms with Crippen LogP contribution in [0.5, 0.6) is 0 Å². The molecule has 0 aliphatic rings. The van der Waals surface area contributed by atoms with E-state index in [0.29, 0.717) is 11.3 Å². The molecule has 3 amide bonds. The highest BCUT2D eigenvalue weighted by Gasteiger charge is 2.26. The van der Waals surface area contributed by atoms with E-state index in [-0.39, 0.29) is 11.3 Å². The van der Waals surface area contributed by atoms with E-state index in [0.717, 1.165) is 5.56 Å². The van der Waals surface area contributed by atoms with Crippen LogP contribution >= 0.6 is 0 Å². The number of nitrogens with zero attached hydrogens (tertiary/aromatic N) is 1. The fraction of sp³-hybridized carbons (Fsp3) is 0.263. The molecule has 2 aromatic carbocycles. The molecular formula is C19H22N4O4. The van der Waals surface area contributed by atoms with E-state index in [1.165, 1.54) is 12.1 Å². The molecule has 142 valence electrons. The third-order valence-electron chi connectivity index (χ3n) is 3.95. The lowest BCUT2D eigenvalue weighted by Crippen LogP contribution is -2.44. The van der Waals surface area contributed by atoms with E-state index in [9.17, 15) is 19.7 Å². The van der Waals surface area contributed by atoms with Crippen LogP contribution in [0.15, 0.2) is 42.5 Å². The monoisotopic (exact) mass is 370 g/mol. The molecule has 0 saturated carbocycles. The molecule has 0 atom stereocenters. The van der Waals surface area contributed by atoms with Crippen molar-refractivity contribution in [1.82, 2.24) is 10.9 Å². The first kappa shape index (κ1) is 19.9. The zero-order valence-corrected chi connectivity index (χ0v) is 15.6. The SMILES string of the molecule is Cc1ccccc1NC(=O)NNC(=O)c1ccc(C(C)(C)C)c([N+](=O)[O-])c1. The number of hydrogen-bond acceptors (Lipinski definition) is 4. The van der Waals surface area contributed by atoms with Gasteiger partial charge in [-0.2, -0.15) is 0 Å².